The molecule has 0 aromatic heterocycles. The summed E-state index contributed by atoms with van der Waals surface area (Å²) < 4.78 is 39.6. The molecule has 0 aliphatic heterocycles. The molecule has 0 bridgehead atoms. The molecule has 0 saturated heterocycles. The van der Waals surface area contributed by atoms with E-state index in [9.17, 15) is 18.3 Å². The monoisotopic (exact) mass is 280 g/mol. The number of benzene rings is 2. The summed E-state index contributed by atoms with van der Waals surface area (Å²) >= 11 is 0. The summed E-state index contributed by atoms with van der Waals surface area (Å²) in [5.41, 5.74) is 2.64. The van der Waals surface area contributed by atoms with Crippen LogP contribution in [0.3, 0.4) is 0 Å². The van der Waals surface area contributed by atoms with Crippen molar-refractivity contribution >= 4 is 0 Å². The van der Waals surface area contributed by atoms with E-state index in [1.165, 1.54) is 0 Å². The van der Waals surface area contributed by atoms with E-state index in [0.29, 0.717) is 12.1 Å². The van der Waals surface area contributed by atoms with Crippen LogP contribution in [0.1, 0.15) is 28.4 Å². The van der Waals surface area contributed by atoms with E-state index in [4.69, 9.17) is 0 Å². The van der Waals surface area contributed by atoms with Gasteiger partial charge in [0.25, 0.3) is 0 Å². The molecule has 2 rings (SSSR count). The van der Waals surface area contributed by atoms with Crippen molar-refractivity contribution in [2.75, 3.05) is 0 Å². The minimum Gasteiger partial charge on any atom is -0.388 e. The Morgan fingerprint density at radius 3 is 2.00 bits per heavy atom. The smallest absolute Gasteiger partial charge is 0.161 e. The van der Waals surface area contributed by atoms with Crippen LogP contribution in [0.5, 0.6) is 0 Å². The highest BCUT2D eigenvalue weighted by Crippen LogP contribution is 2.24. The first-order chi connectivity index (χ1) is 9.36. The fourth-order valence-corrected chi connectivity index (χ4v) is 2.31. The molecule has 0 aliphatic rings. The first kappa shape index (κ1) is 14.6. The number of hydrogen-bond donors (Lipinski definition) is 1. The average molecular weight is 280 g/mol. The Bertz CT molecular complexity index is 618. The molecule has 0 fully saturated rings. The van der Waals surface area contributed by atoms with Crippen LogP contribution in [0.2, 0.25) is 0 Å². The van der Waals surface area contributed by atoms with E-state index in [1.54, 1.807) is 0 Å². The molecule has 4 heteroatoms. The third-order valence-electron chi connectivity index (χ3n) is 3.11. The summed E-state index contributed by atoms with van der Waals surface area (Å²) in [6.07, 6.45) is -1.07. The molecule has 106 valence electrons. The second-order valence-corrected chi connectivity index (χ2v) is 5.00. The molecule has 1 unspecified atom stereocenters. The molecule has 1 N–H and O–H groups in total. The van der Waals surface area contributed by atoms with E-state index in [1.807, 2.05) is 32.0 Å². The van der Waals surface area contributed by atoms with Crippen molar-refractivity contribution in [3.63, 3.8) is 0 Å². The summed E-state index contributed by atoms with van der Waals surface area (Å²) in [5.74, 6) is -3.37. The number of aliphatic hydroxyl groups is 1. The normalized spacial score (nSPS) is 12.5. The van der Waals surface area contributed by atoms with Crippen LogP contribution < -0.4 is 0 Å². The molecule has 0 aliphatic carbocycles. The molecule has 0 radical (unpaired) electrons. The predicted octanol–water partition coefficient (Wildman–Crippen LogP) is 4.00. The molecular weight excluding hydrogens is 265 g/mol. The van der Waals surface area contributed by atoms with Crippen LogP contribution in [-0.4, -0.2) is 5.11 Å². The highest BCUT2D eigenvalue weighted by Gasteiger charge is 2.17. The number of aliphatic hydroxyl groups excluding tert-OH is 1. The van der Waals surface area contributed by atoms with Crippen molar-refractivity contribution in [1.82, 2.24) is 0 Å². The second kappa shape index (κ2) is 5.67. The van der Waals surface area contributed by atoms with Crippen LogP contribution in [0, 0.1) is 31.3 Å². The van der Waals surface area contributed by atoms with Crippen molar-refractivity contribution < 1.29 is 18.3 Å². The maximum Gasteiger partial charge on any atom is 0.161 e. The van der Waals surface area contributed by atoms with E-state index in [2.05, 4.69) is 0 Å². The van der Waals surface area contributed by atoms with Gasteiger partial charge in [0.1, 0.15) is 5.82 Å². The highest BCUT2D eigenvalue weighted by molar-refractivity contribution is 5.31. The molecule has 0 saturated carbocycles. The highest BCUT2D eigenvalue weighted by atomic mass is 19.2. The Labute approximate surface area is 115 Å². The number of hydrogen-bond acceptors (Lipinski definition) is 1. The summed E-state index contributed by atoms with van der Waals surface area (Å²) in [6.45, 7) is 3.84. The molecule has 0 amide bonds. The summed E-state index contributed by atoms with van der Waals surface area (Å²) in [5, 5.41) is 10.0. The third-order valence-corrected chi connectivity index (χ3v) is 3.11. The van der Waals surface area contributed by atoms with Gasteiger partial charge in [0.2, 0.25) is 0 Å². The van der Waals surface area contributed by atoms with Crippen LogP contribution in [0.25, 0.3) is 0 Å². The SMILES string of the molecule is Cc1cc(C)cc(CC(O)c2cc(F)c(F)cc2F)c1. The van der Waals surface area contributed by atoms with Gasteiger partial charge in [-0.2, -0.15) is 0 Å². The molecule has 2 aromatic carbocycles. The van der Waals surface area contributed by atoms with Crippen LogP contribution >= 0.6 is 0 Å². The van der Waals surface area contributed by atoms with Crippen LogP contribution in [0.15, 0.2) is 30.3 Å². The minimum atomic E-state index is -1.26. The lowest BCUT2D eigenvalue weighted by Gasteiger charge is -2.13. The molecule has 0 spiro atoms. The van der Waals surface area contributed by atoms with Gasteiger partial charge < -0.3 is 5.11 Å². The maximum atomic E-state index is 13.6. The van der Waals surface area contributed by atoms with Crippen molar-refractivity contribution in [3.05, 3.63) is 70.0 Å². The minimum absolute atomic E-state index is 0.143. The summed E-state index contributed by atoms with van der Waals surface area (Å²) in [6, 6.07) is 6.88. The predicted molar refractivity (Wildman–Crippen MR) is 70.9 cm³/mol. The summed E-state index contributed by atoms with van der Waals surface area (Å²) in [7, 11) is 0. The van der Waals surface area contributed by atoms with Crippen molar-refractivity contribution in [1.29, 1.82) is 0 Å². The van der Waals surface area contributed by atoms with Gasteiger partial charge in [0.05, 0.1) is 6.10 Å². The van der Waals surface area contributed by atoms with Crippen LogP contribution in [0.4, 0.5) is 13.2 Å². The molecular formula is C16H15F3O. The molecule has 1 atom stereocenters. The Hall–Kier alpha value is -1.81. The Morgan fingerprint density at radius 2 is 1.40 bits per heavy atom. The first-order valence-corrected chi connectivity index (χ1v) is 6.26. The zero-order chi connectivity index (χ0) is 14.9. The van der Waals surface area contributed by atoms with Gasteiger partial charge >= 0.3 is 0 Å². The molecule has 20 heavy (non-hydrogen) atoms. The maximum absolute atomic E-state index is 13.6. The Kier molecular flexibility index (Phi) is 4.14. The number of aryl methyl sites for hydroxylation is 2. The first-order valence-electron chi connectivity index (χ1n) is 6.26. The second-order valence-electron chi connectivity index (χ2n) is 5.00. The lowest BCUT2D eigenvalue weighted by atomic mass is 9.98. The Morgan fingerprint density at radius 1 is 0.850 bits per heavy atom. The molecule has 1 nitrogen and oxygen atoms in total. The fraction of sp³-hybridized carbons (Fsp3) is 0.250. The third kappa shape index (κ3) is 3.20. The van der Waals surface area contributed by atoms with E-state index in [-0.39, 0.29) is 12.0 Å². The average Bonchev–Trinajstić information content (AvgIpc) is 2.32. The van der Waals surface area contributed by atoms with Crippen molar-refractivity contribution in [2.24, 2.45) is 0 Å². The van der Waals surface area contributed by atoms with Crippen molar-refractivity contribution in [3.8, 4) is 0 Å². The largest absolute Gasteiger partial charge is 0.388 e. The van der Waals surface area contributed by atoms with E-state index < -0.39 is 23.6 Å². The molecule has 0 heterocycles. The summed E-state index contributed by atoms with van der Waals surface area (Å²) in [4.78, 5) is 0. The van der Waals surface area contributed by atoms with E-state index in [0.717, 1.165) is 16.7 Å². The number of halogens is 3. The van der Waals surface area contributed by atoms with Crippen molar-refractivity contribution in [2.45, 2.75) is 26.4 Å². The topological polar surface area (TPSA) is 20.2 Å². The number of rotatable bonds is 3. The fourth-order valence-electron chi connectivity index (χ4n) is 2.31. The zero-order valence-electron chi connectivity index (χ0n) is 11.3. The zero-order valence-corrected chi connectivity index (χ0v) is 11.3. The van der Waals surface area contributed by atoms with Gasteiger partial charge in [-0.1, -0.05) is 29.3 Å². The van der Waals surface area contributed by atoms with Gasteiger partial charge in [-0.3, -0.25) is 0 Å². The van der Waals surface area contributed by atoms with Gasteiger partial charge in [-0.15, -0.1) is 0 Å². The van der Waals surface area contributed by atoms with Gasteiger partial charge in [-0.25, -0.2) is 13.2 Å². The van der Waals surface area contributed by atoms with Gasteiger partial charge in [0, 0.05) is 18.1 Å². The molecule has 2 aromatic rings. The quantitative estimate of drug-likeness (QED) is 0.843. The standard InChI is InChI=1S/C16H15F3O/c1-9-3-10(2)5-11(4-9)6-16(20)12-7-14(18)15(19)8-13(12)17/h3-5,7-8,16,20H,6H2,1-2H3. The van der Waals surface area contributed by atoms with Gasteiger partial charge in [-0.05, 0) is 25.5 Å². The van der Waals surface area contributed by atoms with Gasteiger partial charge in [0.15, 0.2) is 11.6 Å². The lowest BCUT2D eigenvalue weighted by Crippen LogP contribution is -2.06. The Balaban J connectivity index is 2.28. The van der Waals surface area contributed by atoms with Crippen LogP contribution in [-0.2, 0) is 6.42 Å². The van der Waals surface area contributed by atoms with E-state index >= 15 is 0 Å². The lowest BCUT2D eigenvalue weighted by molar-refractivity contribution is 0.172.